The Morgan fingerprint density at radius 3 is 2.21 bits per heavy atom. The second-order valence-corrected chi connectivity index (χ2v) is 20.5. The second-order valence-electron chi connectivity index (χ2n) is 20.5. The Labute approximate surface area is 409 Å². The highest BCUT2D eigenvalue weighted by Crippen LogP contribution is 2.48. The Morgan fingerprint density at radius 2 is 1.55 bits per heavy atom. The molecular weight excluding hydrogens is 919 g/mol. The number of likely N-dealkylation sites (tertiary alicyclic amines) is 2. The number of nitrogens with one attached hydrogen (secondary N) is 2. The molecule has 1 saturated carbocycles. The van der Waals surface area contributed by atoms with Gasteiger partial charge in [-0.25, -0.2) is 38.2 Å². The van der Waals surface area contributed by atoms with E-state index in [0.29, 0.717) is 111 Å². The number of nitrogens with two attached hydrogens (primary N) is 1. The lowest BCUT2D eigenvalue weighted by atomic mass is 9.91. The molecule has 1 aromatic carbocycles. The van der Waals surface area contributed by atoms with Crippen LogP contribution in [-0.4, -0.2) is 145 Å². The first-order chi connectivity index (χ1) is 34.2. The molecule has 5 aliphatic rings. The number of benzene rings is 1. The van der Waals surface area contributed by atoms with Crippen LogP contribution in [-0.2, 0) is 24.7 Å². The lowest BCUT2D eigenvalue weighted by molar-refractivity contribution is -0.136. The number of amides is 4. The van der Waals surface area contributed by atoms with Gasteiger partial charge in [0.05, 0.1) is 16.5 Å². The molecule has 5 fully saturated rings. The van der Waals surface area contributed by atoms with Crippen LogP contribution < -0.4 is 21.3 Å². The quantitative estimate of drug-likeness (QED) is 0.133. The van der Waals surface area contributed by atoms with E-state index in [9.17, 15) is 19.2 Å². The van der Waals surface area contributed by atoms with Crippen molar-refractivity contribution in [3.8, 4) is 22.8 Å². The number of rotatable bonds is 12. The topological polar surface area (TPSA) is 236 Å². The van der Waals surface area contributed by atoms with Gasteiger partial charge in [0.15, 0.2) is 35.5 Å². The zero-order valence-electron chi connectivity index (χ0n) is 40.3. The number of piperidine rings is 3. The van der Waals surface area contributed by atoms with Gasteiger partial charge in [-0.1, -0.05) is 5.16 Å². The maximum Gasteiger partial charge on any atom is 0.410 e. The van der Waals surface area contributed by atoms with Gasteiger partial charge in [-0.2, -0.15) is 5.10 Å². The lowest BCUT2D eigenvalue weighted by Gasteiger charge is -2.38. The minimum Gasteiger partial charge on any atom is -0.439 e. The number of halogens is 2. The minimum atomic E-state index is -0.739. The molecule has 1 unspecified atom stereocenters. The third kappa shape index (κ3) is 10.2. The Hall–Kier alpha value is -6.84. The highest BCUT2D eigenvalue weighted by Gasteiger charge is 2.37. The van der Waals surface area contributed by atoms with Crippen LogP contribution in [0.3, 0.4) is 0 Å². The number of hydrogen-bond donors (Lipinski definition) is 3. The lowest BCUT2D eigenvalue weighted by Crippen LogP contribution is -2.48. The zero-order valence-corrected chi connectivity index (χ0v) is 40.3. The standard InChI is InChI=1S/C49H60F2N14O6/c1-49(2,3)65-46-39(44(52)55-27-56-46)40(59-65)41-38(43(71-60-41)30-4-5-30)45-53-24-31(25-54-45)29-11-16-64(17-12-29)48(69)70-26-37(67)62-14-9-28(10-15-62)8-13-61-18-20-63(21-19-61)42-33(50)22-32(23-34(42)51)57-35-6-7-36(66)58-47(35)68/h22-25,27-30,35,57H,4-21,26H2,1-3H3,(H2,52,55,56)(H,58,66,68). The van der Waals surface area contributed by atoms with Crippen LogP contribution in [0, 0.1) is 17.6 Å². The highest BCUT2D eigenvalue weighted by atomic mass is 19.1. The molecule has 1 aliphatic carbocycles. The number of carbonyl (C=O) groups excluding carboxylic acids is 4. The summed E-state index contributed by atoms with van der Waals surface area (Å²) in [4.78, 5) is 75.7. The van der Waals surface area contributed by atoms with Gasteiger partial charge in [-0.05, 0) is 108 Å². The maximum atomic E-state index is 15.2. The summed E-state index contributed by atoms with van der Waals surface area (Å²) in [6.45, 7) is 11.0. The molecule has 1 atom stereocenters. The van der Waals surface area contributed by atoms with E-state index in [1.165, 1.54) is 18.5 Å². The SMILES string of the molecule is CC(C)(C)n1nc(-c2noc(C3CC3)c2-c2ncc(C3CCN(C(=O)OCC(=O)N4CCC(CCN5CCN(c6c(F)cc(NC7CCC(=O)NC7=O)cc6F)CC5)CC4)CC3)cn2)c2c(N)ncnc21. The average molecular weight is 979 g/mol. The van der Waals surface area contributed by atoms with E-state index in [-0.39, 0.29) is 54.5 Å². The van der Waals surface area contributed by atoms with E-state index >= 15 is 8.78 Å². The fourth-order valence-corrected chi connectivity index (χ4v) is 10.3. The number of ether oxygens (including phenoxy) is 1. The van der Waals surface area contributed by atoms with E-state index < -0.39 is 35.2 Å². The number of anilines is 3. The summed E-state index contributed by atoms with van der Waals surface area (Å²) in [5.74, 6) is -0.214. The molecule has 4 aromatic heterocycles. The van der Waals surface area contributed by atoms with Gasteiger partial charge in [0.2, 0.25) is 11.8 Å². The van der Waals surface area contributed by atoms with Crippen LogP contribution in [0.4, 0.5) is 30.8 Å². The van der Waals surface area contributed by atoms with Crippen molar-refractivity contribution in [2.75, 3.05) is 81.5 Å². The van der Waals surface area contributed by atoms with Crippen molar-refractivity contribution >= 4 is 52.0 Å². The van der Waals surface area contributed by atoms with E-state index in [1.807, 2.05) is 37.8 Å². The molecular formula is C49H60F2N14O6. The van der Waals surface area contributed by atoms with Gasteiger partial charge >= 0.3 is 6.09 Å². The molecule has 10 rings (SSSR count). The number of aromatic nitrogens is 7. The second kappa shape index (κ2) is 19.7. The summed E-state index contributed by atoms with van der Waals surface area (Å²) >= 11 is 0. The molecule has 0 radical (unpaired) electrons. The summed E-state index contributed by atoms with van der Waals surface area (Å²) in [5.41, 5.74) is 9.34. The summed E-state index contributed by atoms with van der Waals surface area (Å²) in [7, 11) is 0. The summed E-state index contributed by atoms with van der Waals surface area (Å²) in [6, 6.07) is 1.65. The van der Waals surface area contributed by atoms with Crippen molar-refractivity contribution in [1.82, 2.24) is 54.9 Å². The third-order valence-electron chi connectivity index (χ3n) is 14.6. The van der Waals surface area contributed by atoms with Crippen molar-refractivity contribution < 1.29 is 37.2 Å². The number of carbonyl (C=O) groups is 4. The average Bonchev–Trinajstić information content (AvgIpc) is 3.98. The summed E-state index contributed by atoms with van der Waals surface area (Å²) in [6.07, 6.45) is 11.0. The molecule has 0 bridgehead atoms. The first kappa shape index (κ1) is 47.8. The number of imide groups is 1. The van der Waals surface area contributed by atoms with Gasteiger partial charge in [-0.3, -0.25) is 24.6 Å². The van der Waals surface area contributed by atoms with E-state index in [0.717, 1.165) is 50.0 Å². The molecule has 0 spiro atoms. The third-order valence-corrected chi connectivity index (χ3v) is 14.6. The van der Waals surface area contributed by atoms with Gasteiger partial charge in [-0.15, -0.1) is 0 Å². The van der Waals surface area contributed by atoms with Gasteiger partial charge in [0, 0.05) is 82.8 Å². The molecule has 71 heavy (non-hydrogen) atoms. The molecule has 22 heteroatoms. The number of nitrogen functional groups attached to an aromatic ring is 1. The highest BCUT2D eigenvalue weighted by molar-refractivity contribution is 6.02. The Morgan fingerprint density at radius 1 is 0.859 bits per heavy atom. The molecule has 4 saturated heterocycles. The number of fused-ring (bicyclic) bond motifs is 1. The smallest absolute Gasteiger partial charge is 0.410 e. The van der Waals surface area contributed by atoms with Crippen LogP contribution in [0.15, 0.2) is 35.4 Å². The number of piperazine rings is 1. The monoisotopic (exact) mass is 978 g/mol. The van der Waals surface area contributed by atoms with Crippen LogP contribution in [0.2, 0.25) is 0 Å². The first-order valence-corrected chi connectivity index (χ1v) is 24.8. The fourth-order valence-electron chi connectivity index (χ4n) is 10.3. The van der Waals surface area contributed by atoms with E-state index in [4.69, 9.17) is 30.1 Å². The molecule has 4 aliphatic heterocycles. The molecule has 20 nitrogen and oxygen atoms in total. The van der Waals surface area contributed by atoms with Crippen LogP contribution in [0.1, 0.15) is 102 Å². The predicted molar refractivity (Wildman–Crippen MR) is 257 cm³/mol. The minimum absolute atomic E-state index is 0.0823. The van der Waals surface area contributed by atoms with E-state index in [2.05, 4.69) is 30.7 Å². The molecule has 4 N–H and O–H groups in total. The van der Waals surface area contributed by atoms with Gasteiger partial charge in [0.25, 0.3) is 5.91 Å². The van der Waals surface area contributed by atoms with Crippen molar-refractivity contribution in [2.45, 2.75) is 102 Å². The largest absolute Gasteiger partial charge is 0.439 e. The number of nitrogens with zero attached hydrogens (tertiary/aromatic N) is 11. The molecule has 5 aromatic rings. The Bertz CT molecular complexity index is 2780. The van der Waals surface area contributed by atoms with Crippen LogP contribution >= 0.6 is 0 Å². The molecule has 376 valence electrons. The zero-order chi connectivity index (χ0) is 49.6. The first-order valence-electron chi connectivity index (χ1n) is 24.8. The molecule has 8 heterocycles. The Balaban J connectivity index is 0.652. The normalized spacial score (nSPS) is 19.9. The summed E-state index contributed by atoms with van der Waals surface area (Å²) < 4.78 is 43.8. The maximum absolute atomic E-state index is 15.2. The van der Waals surface area contributed by atoms with Crippen molar-refractivity contribution in [3.05, 3.63) is 53.8 Å². The van der Waals surface area contributed by atoms with Crippen LogP contribution in [0.25, 0.3) is 33.8 Å². The van der Waals surface area contributed by atoms with Gasteiger partial charge in [0.1, 0.15) is 35.3 Å². The molecule has 4 amide bonds. The van der Waals surface area contributed by atoms with Crippen molar-refractivity contribution in [2.24, 2.45) is 5.92 Å². The van der Waals surface area contributed by atoms with Crippen molar-refractivity contribution in [1.29, 1.82) is 0 Å². The summed E-state index contributed by atoms with van der Waals surface area (Å²) in [5, 5.41) is 15.1. The van der Waals surface area contributed by atoms with Crippen LogP contribution in [0.5, 0.6) is 0 Å². The fraction of sp³-hybridized carbons (Fsp3) is 0.551. The van der Waals surface area contributed by atoms with Gasteiger partial charge < -0.3 is 35.0 Å². The van der Waals surface area contributed by atoms with E-state index in [1.54, 1.807) is 14.7 Å². The Kier molecular flexibility index (Phi) is 13.3. The predicted octanol–water partition coefficient (Wildman–Crippen LogP) is 5.42. The van der Waals surface area contributed by atoms with Crippen molar-refractivity contribution in [3.63, 3.8) is 0 Å². The number of hydrogen-bond acceptors (Lipinski definition) is 16.